The summed E-state index contributed by atoms with van der Waals surface area (Å²) in [5, 5.41) is 1.88. The first-order chi connectivity index (χ1) is 17.5. The van der Waals surface area contributed by atoms with Gasteiger partial charge >= 0.3 is 0 Å². The molecule has 1 aliphatic heterocycles. The molecule has 1 aromatic heterocycles. The largest absolute Gasteiger partial charge is 0.350 e. The van der Waals surface area contributed by atoms with Crippen LogP contribution in [0.15, 0.2) is 109 Å². The van der Waals surface area contributed by atoms with Crippen molar-refractivity contribution < 1.29 is 4.39 Å². The van der Waals surface area contributed by atoms with Crippen molar-refractivity contribution in [2.75, 3.05) is 0 Å². The van der Waals surface area contributed by atoms with Gasteiger partial charge < -0.3 is 9.47 Å². The summed E-state index contributed by atoms with van der Waals surface area (Å²) in [5.74, 6) is -0.230. The average molecular weight is 558 g/mol. The number of aromatic nitrogens is 1. The standard InChI is InChI=1S/C31H23BrClFN2/c32-31(24-12-14-25(33)15-13-24)30-28(18-19-35(31)20-22-6-2-1-3-7-22)27-8-4-5-9-29(27)36(30)21-23-10-16-26(34)17-11-23/h1-19H,20-21H2. The van der Waals surface area contributed by atoms with E-state index in [9.17, 15) is 4.39 Å². The molecule has 5 aromatic rings. The topological polar surface area (TPSA) is 8.17 Å². The second-order valence-corrected chi connectivity index (χ2v) is 10.6. The van der Waals surface area contributed by atoms with E-state index in [1.54, 1.807) is 0 Å². The Bertz CT molecular complexity index is 1560. The molecular formula is C31H23BrClFN2. The quantitative estimate of drug-likeness (QED) is 0.155. The highest BCUT2D eigenvalue weighted by Crippen LogP contribution is 2.50. The molecular weight excluding hydrogens is 535 g/mol. The first-order valence-corrected chi connectivity index (χ1v) is 13.0. The number of fused-ring (bicyclic) bond motifs is 3. The molecule has 178 valence electrons. The summed E-state index contributed by atoms with van der Waals surface area (Å²) < 4.78 is 15.4. The second-order valence-electron chi connectivity index (χ2n) is 9.05. The minimum Gasteiger partial charge on any atom is -0.350 e. The summed E-state index contributed by atoms with van der Waals surface area (Å²) in [6.07, 6.45) is 4.38. The number of rotatable bonds is 5. The van der Waals surface area contributed by atoms with Crippen LogP contribution in [0.25, 0.3) is 17.0 Å². The number of alkyl halides is 1. The third-order valence-corrected chi connectivity index (χ3v) is 8.36. The monoisotopic (exact) mass is 556 g/mol. The van der Waals surface area contributed by atoms with E-state index < -0.39 is 4.45 Å². The molecule has 1 aliphatic rings. The smallest absolute Gasteiger partial charge is 0.162 e. The first kappa shape index (κ1) is 23.1. The molecule has 0 amide bonds. The van der Waals surface area contributed by atoms with E-state index >= 15 is 0 Å². The van der Waals surface area contributed by atoms with Crippen LogP contribution in [0.2, 0.25) is 5.02 Å². The Morgan fingerprint density at radius 3 is 2.17 bits per heavy atom. The lowest BCUT2D eigenvalue weighted by Gasteiger charge is -2.43. The Morgan fingerprint density at radius 1 is 0.750 bits per heavy atom. The van der Waals surface area contributed by atoms with Crippen molar-refractivity contribution >= 4 is 44.5 Å². The number of benzene rings is 4. The van der Waals surface area contributed by atoms with Gasteiger partial charge in [0.1, 0.15) is 5.82 Å². The van der Waals surface area contributed by atoms with Crippen LogP contribution in [0, 0.1) is 5.82 Å². The van der Waals surface area contributed by atoms with Crippen molar-refractivity contribution in [2.45, 2.75) is 17.5 Å². The normalized spacial score (nSPS) is 16.9. The Labute approximate surface area is 223 Å². The van der Waals surface area contributed by atoms with Crippen molar-refractivity contribution in [2.24, 2.45) is 0 Å². The molecule has 36 heavy (non-hydrogen) atoms. The predicted octanol–water partition coefficient (Wildman–Crippen LogP) is 8.56. The van der Waals surface area contributed by atoms with Crippen molar-refractivity contribution in [3.8, 4) is 0 Å². The molecule has 0 N–H and O–H groups in total. The van der Waals surface area contributed by atoms with Gasteiger partial charge in [-0.3, -0.25) is 0 Å². The molecule has 0 spiro atoms. The SMILES string of the molecule is Fc1ccc(Cn2c3c(c4ccccc42)C=CN(Cc2ccccc2)C3(Br)c2ccc(Cl)cc2)cc1. The van der Waals surface area contributed by atoms with Gasteiger partial charge in [0.25, 0.3) is 0 Å². The third-order valence-electron chi connectivity index (χ3n) is 6.82. The predicted molar refractivity (Wildman–Crippen MR) is 150 cm³/mol. The fourth-order valence-corrected chi connectivity index (χ4v) is 6.17. The molecule has 0 fully saturated rings. The number of hydrogen-bond donors (Lipinski definition) is 0. The van der Waals surface area contributed by atoms with E-state index in [0.717, 1.165) is 22.3 Å². The third kappa shape index (κ3) is 3.95. The maximum Gasteiger partial charge on any atom is 0.162 e. The Kier molecular flexibility index (Phi) is 5.94. The zero-order valence-electron chi connectivity index (χ0n) is 19.4. The lowest BCUT2D eigenvalue weighted by atomic mass is 9.94. The van der Waals surface area contributed by atoms with Gasteiger partial charge in [0, 0.05) is 40.8 Å². The summed E-state index contributed by atoms with van der Waals surface area (Å²) >= 11 is 10.6. The molecule has 0 radical (unpaired) electrons. The van der Waals surface area contributed by atoms with E-state index in [4.69, 9.17) is 11.6 Å². The van der Waals surface area contributed by atoms with Crippen LogP contribution in [0.1, 0.15) is 27.9 Å². The molecule has 2 heterocycles. The van der Waals surface area contributed by atoms with E-state index in [2.05, 4.69) is 98.3 Å². The van der Waals surface area contributed by atoms with Crippen LogP contribution in [0.3, 0.4) is 0 Å². The zero-order chi connectivity index (χ0) is 24.7. The number of hydrogen-bond acceptors (Lipinski definition) is 1. The summed E-state index contributed by atoms with van der Waals surface area (Å²) in [7, 11) is 0. The lowest BCUT2D eigenvalue weighted by molar-refractivity contribution is 0.270. The molecule has 5 heteroatoms. The Hall–Kier alpha value is -3.34. The Balaban J connectivity index is 1.59. The molecule has 0 saturated heterocycles. The van der Waals surface area contributed by atoms with E-state index in [-0.39, 0.29) is 5.82 Å². The molecule has 4 aromatic carbocycles. The van der Waals surface area contributed by atoms with Crippen molar-refractivity contribution in [1.29, 1.82) is 0 Å². The minimum absolute atomic E-state index is 0.230. The summed E-state index contributed by atoms with van der Waals surface area (Å²) in [6, 6.07) is 33.7. The summed E-state index contributed by atoms with van der Waals surface area (Å²) in [5.41, 5.74) is 6.77. The molecule has 0 saturated carbocycles. The highest BCUT2D eigenvalue weighted by atomic mass is 79.9. The van der Waals surface area contributed by atoms with Gasteiger partial charge in [0.2, 0.25) is 0 Å². The molecule has 6 rings (SSSR count). The van der Waals surface area contributed by atoms with Gasteiger partial charge in [-0.1, -0.05) is 84.4 Å². The molecule has 0 aliphatic carbocycles. The molecule has 1 unspecified atom stereocenters. The highest BCUT2D eigenvalue weighted by Gasteiger charge is 2.43. The van der Waals surface area contributed by atoms with Gasteiger partial charge in [-0.05, 0) is 69.0 Å². The van der Waals surface area contributed by atoms with Gasteiger partial charge in [0.15, 0.2) is 4.45 Å². The van der Waals surface area contributed by atoms with Crippen LogP contribution in [0.4, 0.5) is 4.39 Å². The zero-order valence-corrected chi connectivity index (χ0v) is 21.8. The van der Waals surface area contributed by atoms with Crippen LogP contribution < -0.4 is 0 Å². The maximum absolute atomic E-state index is 13.7. The molecule has 0 bridgehead atoms. The van der Waals surface area contributed by atoms with Gasteiger partial charge in [-0.15, -0.1) is 0 Å². The van der Waals surface area contributed by atoms with Gasteiger partial charge in [0.05, 0.1) is 5.69 Å². The number of halogens is 3. The molecule has 1 atom stereocenters. The minimum atomic E-state index is -0.656. The Morgan fingerprint density at radius 2 is 1.42 bits per heavy atom. The van der Waals surface area contributed by atoms with Crippen LogP contribution >= 0.6 is 27.5 Å². The fourth-order valence-electron chi connectivity index (χ4n) is 5.11. The van der Waals surface area contributed by atoms with Crippen molar-refractivity contribution in [3.63, 3.8) is 0 Å². The summed E-state index contributed by atoms with van der Waals surface area (Å²) in [6.45, 7) is 1.33. The van der Waals surface area contributed by atoms with E-state index in [1.165, 1.54) is 28.6 Å². The van der Waals surface area contributed by atoms with E-state index in [1.807, 2.05) is 30.3 Å². The van der Waals surface area contributed by atoms with Crippen LogP contribution in [0.5, 0.6) is 0 Å². The first-order valence-electron chi connectivity index (χ1n) is 11.8. The van der Waals surface area contributed by atoms with Crippen molar-refractivity contribution in [3.05, 3.63) is 148 Å². The number of nitrogens with zero attached hydrogens (tertiary/aromatic N) is 2. The molecule has 2 nitrogen and oxygen atoms in total. The average Bonchev–Trinajstić information content (AvgIpc) is 3.22. The lowest BCUT2D eigenvalue weighted by Crippen LogP contribution is -2.42. The van der Waals surface area contributed by atoms with Crippen molar-refractivity contribution in [1.82, 2.24) is 9.47 Å². The fraction of sp³-hybridized carbons (Fsp3) is 0.0968. The van der Waals surface area contributed by atoms with Gasteiger partial charge in [-0.2, -0.15) is 0 Å². The van der Waals surface area contributed by atoms with Crippen LogP contribution in [-0.4, -0.2) is 9.47 Å². The van der Waals surface area contributed by atoms with Gasteiger partial charge in [-0.25, -0.2) is 4.39 Å². The van der Waals surface area contributed by atoms with Crippen LogP contribution in [-0.2, 0) is 17.5 Å². The van der Waals surface area contributed by atoms with E-state index in [0.29, 0.717) is 18.1 Å². The number of para-hydroxylation sites is 1. The maximum atomic E-state index is 13.7. The summed E-state index contributed by atoms with van der Waals surface area (Å²) in [4.78, 5) is 2.33. The second kappa shape index (κ2) is 9.27. The highest BCUT2D eigenvalue weighted by molar-refractivity contribution is 9.09.